The van der Waals surface area contributed by atoms with E-state index in [0.29, 0.717) is 12.1 Å². The Labute approximate surface area is 161 Å². The van der Waals surface area contributed by atoms with Crippen molar-refractivity contribution in [3.8, 4) is 6.07 Å². The average molecular weight is 380 g/mol. The van der Waals surface area contributed by atoms with Crippen LogP contribution in [0.3, 0.4) is 0 Å². The fourth-order valence-electron chi connectivity index (χ4n) is 3.74. The molecule has 1 unspecified atom stereocenters. The number of nitriles is 1. The van der Waals surface area contributed by atoms with Crippen LogP contribution < -0.4 is 5.32 Å². The molecule has 0 radical (unpaired) electrons. The zero-order chi connectivity index (χ0) is 19.0. The molecule has 6 nitrogen and oxygen atoms in total. The van der Waals surface area contributed by atoms with Gasteiger partial charge in [0.2, 0.25) is 0 Å². The SMILES string of the molecule is CC(C)OC(=O)NC1Cc2c(n(Cc3ccsn3)c3ccc(C#N)cc23)C1. The molecule has 27 heavy (non-hydrogen) atoms. The Morgan fingerprint density at radius 3 is 3.00 bits per heavy atom. The van der Waals surface area contributed by atoms with Gasteiger partial charge in [-0.05, 0) is 61.6 Å². The third kappa shape index (κ3) is 3.40. The molecule has 1 N–H and O–H groups in total. The van der Waals surface area contributed by atoms with Gasteiger partial charge >= 0.3 is 6.09 Å². The molecule has 2 aromatic heterocycles. The quantitative estimate of drug-likeness (QED) is 0.750. The van der Waals surface area contributed by atoms with Crippen molar-refractivity contribution in [1.82, 2.24) is 14.3 Å². The highest BCUT2D eigenvalue weighted by Gasteiger charge is 2.30. The molecule has 0 spiro atoms. The third-order valence-electron chi connectivity index (χ3n) is 4.78. The van der Waals surface area contributed by atoms with Gasteiger partial charge in [0.05, 0.1) is 30.0 Å². The van der Waals surface area contributed by atoms with E-state index in [-0.39, 0.29) is 18.2 Å². The summed E-state index contributed by atoms with van der Waals surface area (Å²) in [4.78, 5) is 12.0. The van der Waals surface area contributed by atoms with E-state index < -0.39 is 0 Å². The predicted molar refractivity (Wildman–Crippen MR) is 104 cm³/mol. The zero-order valence-corrected chi connectivity index (χ0v) is 16.0. The number of carbonyl (C=O) groups excluding carboxylic acids is 1. The number of aromatic nitrogens is 2. The summed E-state index contributed by atoms with van der Waals surface area (Å²) in [6.45, 7) is 4.35. The lowest BCUT2D eigenvalue weighted by Gasteiger charge is -2.15. The van der Waals surface area contributed by atoms with E-state index in [1.165, 1.54) is 22.8 Å². The van der Waals surface area contributed by atoms with Crippen molar-refractivity contribution in [1.29, 1.82) is 5.26 Å². The fraction of sp³-hybridized carbons (Fsp3) is 0.350. The van der Waals surface area contributed by atoms with Gasteiger partial charge in [0.15, 0.2) is 0 Å². The first-order valence-corrected chi connectivity index (χ1v) is 9.79. The average Bonchev–Trinajstić information content (AvgIpc) is 3.32. The van der Waals surface area contributed by atoms with Crippen molar-refractivity contribution >= 4 is 28.5 Å². The van der Waals surface area contributed by atoms with E-state index in [0.717, 1.165) is 29.4 Å². The molecule has 0 fully saturated rings. The summed E-state index contributed by atoms with van der Waals surface area (Å²) in [6.07, 6.45) is 0.945. The number of benzene rings is 1. The van der Waals surface area contributed by atoms with Gasteiger partial charge in [-0.3, -0.25) is 0 Å². The highest BCUT2D eigenvalue weighted by molar-refractivity contribution is 7.03. The zero-order valence-electron chi connectivity index (χ0n) is 15.2. The molecular formula is C20H20N4O2S. The number of alkyl carbamates (subject to hydrolysis) is 1. The van der Waals surface area contributed by atoms with Crippen LogP contribution in [-0.2, 0) is 24.1 Å². The Balaban J connectivity index is 1.69. The number of hydrogen-bond donors (Lipinski definition) is 1. The van der Waals surface area contributed by atoms with Crippen LogP contribution >= 0.6 is 11.5 Å². The molecule has 1 aliphatic carbocycles. The molecule has 4 rings (SSSR count). The first-order chi connectivity index (χ1) is 13.0. The number of nitrogens with one attached hydrogen (secondary N) is 1. The molecule has 3 aromatic rings. The second-order valence-corrected chi connectivity index (χ2v) is 7.72. The molecule has 0 saturated carbocycles. The van der Waals surface area contributed by atoms with E-state index in [9.17, 15) is 10.1 Å². The van der Waals surface area contributed by atoms with E-state index >= 15 is 0 Å². The number of carbonyl (C=O) groups is 1. The Morgan fingerprint density at radius 1 is 1.44 bits per heavy atom. The third-order valence-corrected chi connectivity index (χ3v) is 5.38. The monoisotopic (exact) mass is 380 g/mol. The number of ether oxygens (including phenoxy) is 1. The van der Waals surface area contributed by atoms with Gasteiger partial charge < -0.3 is 14.6 Å². The summed E-state index contributed by atoms with van der Waals surface area (Å²) in [5.41, 5.74) is 5.16. The maximum Gasteiger partial charge on any atom is 0.407 e. The predicted octanol–water partition coefficient (Wildman–Crippen LogP) is 3.62. The van der Waals surface area contributed by atoms with Crippen LogP contribution in [0.5, 0.6) is 0 Å². The van der Waals surface area contributed by atoms with Crippen molar-refractivity contribution in [3.63, 3.8) is 0 Å². The topological polar surface area (TPSA) is 79.9 Å². The van der Waals surface area contributed by atoms with E-state index in [2.05, 4.69) is 20.3 Å². The standard InChI is InChI=1S/C20H20N4O2S/c1-12(2)26-20(25)22-15-8-17-16-7-13(10-21)3-4-18(16)24(19(17)9-15)11-14-5-6-27-23-14/h3-7,12,15H,8-9,11H2,1-2H3,(H,22,25). The number of amides is 1. The molecule has 0 bridgehead atoms. The van der Waals surface area contributed by atoms with Crippen molar-refractivity contribution < 1.29 is 9.53 Å². The molecule has 7 heteroatoms. The Bertz CT molecular complexity index is 1030. The number of nitrogens with zero attached hydrogens (tertiary/aromatic N) is 3. The van der Waals surface area contributed by atoms with E-state index in [1.807, 2.05) is 43.5 Å². The van der Waals surface area contributed by atoms with Gasteiger partial charge in [-0.1, -0.05) is 0 Å². The van der Waals surface area contributed by atoms with E-state index in [1.54, 1.807) is 0 Å². The molecule has 138 valence electrons. The summed E-state index contributed by atoms with van der Waals surface area (Å²) >= 11 is 1.44. The maximum absolute atomic E-state index is 12.0. The van der Waals surface area contributed by atoms with Crippen LogP contribution in [0, 0.1) is 11.3 Å². The fourth-order valence-corrected chi connectivity index (χ4v) is 4.27. The molecule has 1 amide bonds. The van der Waals surface area contributed by atoms with Crippen LogP contribution in [-0.4, -0.2) is 27.2 Å². The lowest BCUT2D eigenvalue weighted by molar-refractivity contribution is 0.112. The van der Waals surface area contributed by atoms with Gasteiger partial charge in [0, 0.05) is 34.4 Å². The maximum atomic E-state index is 12.0. The van der Waals surface area contributed by atoms with Crippen molar-refractivity contribution in [3.05, 3.63) is 52.2 Å². The van der Waals surface area contributed by atoms with Crippen LogP contribution in [0.1, 0.15) is 36.4 Å². The van der Waals surface area contributed by atoms with Gasteiger partial charge in [0.25, 0.3) is 0 Å². The first-order valence-electron chi connectivity index (χ1n) is 8.95. The summed E-state index contributed by atoms with van der Waals surface area (Å²) < 4.78 is 11.9. The normalized spacial score (nSPS) is 15.7. The van der Waals surface area contributed by atoms with Crippen molar-refractivity contribution in [2.75, 3.05) is 0 Å². The lowest BCUT2D eigenvalue weighted by Crippen LogP contribution is -2.37. The minimum atomic E-state index is -0.381. The molecule has 0 aliphatic heterocycles. The van der Waals surface area contributed by atoms with Gasteiger partial charge in [-0.15, -0.1) is 0 Å². The largest absolute Gasteiger partial charge is 0.447 e. The smallest absolute Gasteiger partial charge is 0.407 e. The highest BCUT2D eigenvalue weighted by Crippen LogP contribution is 2.34. The number of fused-ring (bicyclic) bond motifs is 3. The highest BCUT2D eigenvalue weighted by atomic mass is 32.1. The lowest BCUT2D eigenvalue weighted by atomic mass is 10.1. The molecular weight excluding hydrogens is 360 g/mol. The minimum absolute atomic E-state index is 0.00178. The summed E-state index contributed by atoms with van der Waals surface area (Å²) in [7, 11) is 0. The second-order valence-electron chi connectivity index (χ2n) is 7.05. The molecule has 2 heterocycles. The molecule has 1 aliphatic rings. The summed E-state index contributed by atoms with van der Waals surface area (Å²) in [5.74, 6) is 0. The van der Waals surface area contributed by atoms with Crippen LogP contribution in [0.25, 0.3) is 10.9 Å². The minimum Gasteiger partial charge on any atom is -0.447 e. The Kier molecular flexibility index (Phi) is 4.58. The molecule has 1 aromatic carbocycles. The van der Waals surface area contributed by atoms with Crippen molar-refractivity contribution in [2.24, 2.45) is 0 Å². The van der Waals surface area contributed by atoms with E-state index in [4.69, 9.17) is 4.74 Å². The van der Waals surface area contributed by atoms with Crippen molar-refractivity contribution in [2.45, 2.75) is 45.4 Å². The summed E-state index contributed by atoms with van der Waals surface area (Å²) in [6, 6.07) is 10.0. The summed E-state index contributed by atoms with van der Waals surface area (Å²) in [5, 5.41) is 15.3. The molecule has 1 atom stereocenters. The number of hydrogen-bond acceptors (Lipinski definition) is 5. The van der Waals surface area contributed by atoms with Gasteiger partial charge in [0.1, 0.15) is 0 Å². The second kappa shape index (κ2) is 7.05. The van der Waals surface area contributed by atoms with Crippen LogP contribution in [0.2, 0.25) is 0 Å². The Morgan fingerprint density at radius 2 is 2.30 bits per heavy atom. The number of rotatable bonds is 4. The molecule has 0 saturated heterocycles. The Hall–Kier alpha value is -2.85. The van der Waals surface area contributed by atoms with Gasteiger partial charge in [-0.25, -0.2) is 4.79 Å². The van der Waals surface area contributed by atoms with Crippen LogP contribution in [0.15, 0.2) is 29.6 Å². The van der Waals surface area contributed by atoms with Crippen LogP contribution in [0.4, 0.5) is 4.79 Å². The first kappa shape index (κ1) is 17.6. The van der Waals surface area contributed by atoms with Gasteiger partial charge in [-0.2, -0.15) is 9.64 Å².